The van der Waals surface area contributed by atoms with Crippen molar-refractivity contribution in [3.05, 3.63) is 94.8 Å². The Morgan fingerprint density at radius 1 is 1.06 bits per heavy atom. The maximum absolute atomic E-state index is 13.1. The number of amides is 1. The number of likely N-dealkylation sites (N-methyl/N-ethyl adjacent to an activating group) is 1. The Balaban J connectivity index is 1.38. The first kappa shape index (κ1) is 20.3. The van der Waals surface area contributed by atoms with Gasteiger partial charge in [-0.2, -0.15) is 0 Å². The maximum atomic E-state index is 13.1. The van der Waals surface area contributed by atoms with E-state index < -0.39 is 0 Å². The number of fused-ring (bicyclic) bond motifs is 2. The molecule has 3 aromatic rings. The summed E-state index contributed by atoms with van der Waals surface area (Å²) in [5.74, 6) is -0.111. The first-order valence-electron chi connectivity index (χ1n) is 10.8. The monoisotopic (exact) mass is 423 g/mol. The number of pyridine rings is 1. The smallest absolute Gasteiger partial charge is 0.266 e. The van der Waals surface area contributed by atoms with Crippen molar-refractivity contribution >= 4 is 23.0 Å². The lowest BCUT2D eigenvalue weighted by molar-refractivity contribution is -0.115. The highest BCUT2D eigenvalue weighted by atomic mass is 16.2. The van der Waals surface area contributed by atoms with Crippen molar-refractivity contribution in [3.8, 4) is 0 Å². The van der Waals surface area contributed by atoms with Gasteiger partial charge in [0, 0.05) is 36.5 Å². The Labute approximate surface area is 187 Å². The zero-order valence-electron chi connectivity index (χ0n) is 18.2. The highest BCUT2D eigenvalue weighted by Crippen LogP contribution is 2.34. The average Bonchev–Trinajstić information content (AvgIpc) is 3.41. The molecule has 0 saturated heterocycles. The molecule has 1 aromatic heterocycles. The normalized spacial score (nSPS) is 15.1. The van der Waals surface area contributed by atoms with Crippen LogP contribution in [0.1, 0.15) is 33.9 Å². The zero-order valence-corrected chi connectivity index (χ0v) is 18.2. The van der Waals surface area contributed by atoms with Crippen LogP contribution >= 0.6 is 0 Å². The Morgan fingerprint density at radius 2 is 1.84 bits per heavy atom. The molecule has 0 spiro atoms. The lowest BCUT2D eigenvalue weighted by Crippen LogP contribution is -2.39. The maximum Gasteiger partial charge on any atom is 0.266 e. The topological polar surface area (TPSA) is 70.0 Å². The van der Waals surface area contributed by atoms with Crippen molar-refractivity contribution in [2.45, 2.75) is 19.0 Å². The highest BCUT2D eigenvalue weighted by Gasteiger charge is 2.27. The van der Waals surface area contributed by atoms with E-state index in [1.807, 2.05) is 56.6 Å². The fourth-order valence-electron chi connectivity index (χ4n) is 4.31. The Bertz CT molecular complexity index is 1220. The van der Waals surface area contributed by atoms with E-state index in [-0.39, 0.29) is 11.9 Å². The number of aromatic nitrogens is 1. The van der Waals surface area contributed by atoms with E-state index in [1.54, 1.807) is 12.4 Å². The summed E-state index contributed by atoms with van der Waals surface area (Å²) in [6.07, 6.45) is 4.10. The molecule has 0 unspecified atom stereocenters. The molecule has 2 aliphatic rings. The fourth-order valence-corrected chi connectivity index (χ4v) is 4.31. The van der Waals surface area contributed by atoms with E-state index in [9.17, 15) is 4.79 Å². The standard InChI is InChI=1S/C26H25N5O/c1-31(2)16-24(17-6-4-3-5-7-17)30-26(32)23-13-19-12-20-15-28-25(18-8-10-27-11-9-18)21(20)14-22(19)29-23/h3-12,14,24H,13,15-16H2,1-2H3,(H,30,32)/t24-/m1/s1. The summed E-state index contributed by atoms with van der Waals surface area (Å²) < 4.78 is 0. The van der Waals surface area contributed by atoms with Gasteiger partial charge in [0.05, 0.1) is 24.0 Å². The Hall–Kier alpha value is -3.64. The molecular formula is C26H25N5O. The molecule has 1 amide bonds. The molecule has 6 nitrogen and oxygen atoms in total. The first-order valence-corrected chi connectivity index (χ1v) is 10.8. The van der Waals surface area contributed by atoms with Crippen molar-refractivity contribution < 1.29 is 4.79 Å². The molecule has 0 radical (unpaired) electrons. The minimum atomic E-state index is -0.111. The van der Waals surface area contributed by atoms with Gasteiger partial charge in [0.2, 0.25) is 0 Å². The average molecular weight is 424 g/mol. The Kier molecular flexibility index (Phi) is 5.37. The second-order valence-electron chi connectivity index (χ2n) is 8.47. The van der Waals surface area contributed by atoms with Crippen LogP contribution < -0.4 is 5.32 Å². The predicted octanol–water partition coefficient (Wildman–Crippen LogP) is 3.48. The second kappa shape index (κ2) is 8.48. The number of carbonyl (C=O) groups is 1. The molecule has 1 N–H and O–H groups in total. The lowest BCUT2D eigenvalue weighted by Gasteiger charge is -2.22. The predicted molar refractivity (Wildman–Crippen MR) is 127 cm³/mol. The summed E-state index contributed by atoms with van der Waals surface area (Å²) in [5.41, 5.74) is 7.89. The van der Waals surface area contributed by atoms with Gasteiger partial charge in [0.1, 0.15) is 5.71 Å². The minimum Gasteiger partial charge on any atom is -0.343 e. The number of carbonyl (C=O) groups excluding carboxylic acids is 1. The number of aliphatic imine (C=N–C) groups is 2. The van der Waals surface area contributed by atoms with Crippen molar-refractivity contribution in [3.63, 3.8) is 0 Å². The van der Waals surface area contributed by atoms with Gasteiger partial charge in [0.25, 0.3) is 5.91 Å². The van der Waals surface area contributed by atoms with E-state index in [2.05, 4.69) is 27.3 Å². The van der Waals surface area contributed by atoms with Crippen LogP contribution in [0, 0.1) is 0 Å². The molecule has 1 atom stereocenters. The Morgan fingerprint density at radius 3 is 2.59 bits per heavy atom. The van der Waals surface area contributed by atoms with Crippen molar-refractivity contribution in [1.82, 2.24) is 15.2 Å². The molecular weight excluding hydrogens is 398 g/mol. The number of nitrogens with zero attached hydrogens (tertiary/aromatic N) is 4. The molecule has 2 aromatic carbocycles. The van der Waals surface area contributed by atoms with Crippen LogP contribution in [0.15, 0.2) is 77.0 Å². The van der Waals surface area contributed by atoms with Crippen molar-refractivity contribution in [2.24, 2.45) is 9.98 Å². The molecule has 5 rings (SSSR count). The summed E-state index contributed by atoms with van der Waals surface area (Å²) in [4.78, 5) is 28.7. The van der Waals surface area contributed by atoms with Crippen LogP contribution in [0.2, 0.25) is 0 Å². The van der Waals surface area contributed by atoms with Gasteiger partial charge in [-0.3, -0.25) is 14.8 Å². The van der Waals surface area contributed by atoms with Crippen molar-refractivity contribution in [2.75, 3.05) is 20.6 Å². The molecule has 2 aliphatic heterocycles. The molecule has 0 fully saturated rings. The van der Waals surface area contributed by atoms with Gasteiger partial charge in [-0.25, -0.2) is 4.99 Å². The molecule has 0 saturated carbocycles. The SMILES string of the molecule is CN(C)C[C@@H](NC(=O)C1=Nc2cc3c(cc2C1)CN=C3c1ccncc1)c1ccccc1. The molecule has 0 aliphatic carbocycles. The third kappa shape index (κ3) is 3.97. The van der Waals surface area contributed by atoms with Crippen LogP contribution in [0.5, 0.6) is 0 Å². The van der Waals surface area contributed by atoms with Crippen LogP contribution in [0.25, 0.3) is 0 Å². The summed E-state index contributed by atoms with van der Waals surface area (Å²) in [5, 5.41) is 3.19. The zero-order chi connectivity index (χ0) is 22.1. The fraction of sp³-hybridized carbons (Fsp3) is 0.231. The summed E-state index contributed by atoms with van der Waals surface area (Å²) in [7, 11) is 4.02. The van der Waals surface area contributed by atoms with Crippen LogP contribution in [0.3, 0.4) is 0 Å². The molecule has 3 heterocycles. The minimum absolute atomic E-state index is 0.0967. The van der Waals surface area contributed by atoms with Gasteiger partial charge in [-0.15, -0.1) is 0 Å². The van der Waals surface area contributed by atoms with Crippen LogP contribution in [-0.4, -0.2) is 47.9 Å². The van der Waals surface area contributed by atoms with E-state index in [1.165, 1.54) is 5.56 Å². The summed E-state index contributed by atoms with van der Waals surface area (Å²) in [6, 6.07) is 18.1. The number of nitrogens with one attached hydrogen (secondary N) is 1. The quantitative estimate of drug-likeness (QED) is 0.660. The van der Waals surface area contributed by atoms with Gasteiger partial charge in [-0.1, -0.05) is 36.4 Å². The van der Waals surface area contributed by atoms with Gasteiger partial charge >= 0.3 is 0 Å². The van der Waals surface area contributed by atoms with Crippen LogP contribution in [-0.2, 0) is 17.8 Å². The van der Waals surface area contributed by atoms with E-state index in [4.69, 9.17) is 9.98 Å². The third-order valence-corrected chi connectivity index (χ3v) is 5.85. The lowest BCUT2D eigenvalue weighted by atomic mass is 9.97. The molecule has 6 heteroatoms. The second-order valence-corrected chi connectivity index (χ2v) is 8.47. The van der Waals surface area contributed by atoms with Gasteiger partial charge in [0.15, 0.2) is 0 Å². The highest BCUT2D eigenvalue weighted by molar-refractivity contribution is 6.41. The third-order valence-electron chi connectivity index (χ3n) is 5.85. The van der Waals surface area contributed by atoms with E-state index in [0.717, 1.165) is 40.2 Å². The number of benzene rings is 2. The van der Waals surface area contributed by atoms with Gasteiger partial charge in [-0.05, 0) is 49.0 Å². The molecule has 0 bridgehead atoms. The summed E-state index contributed by atoms with van der Waals surface area (Å²) in [6.45, 7) is 1.37. The number of hydrogen-bond acceptors (Lipinski definition) is 5. The first-order chi connectivity index (χ1) is 15.6. The van der Waals surface area contributed by atoms with E-state index in [0.29, 0.717) is 18.7 Å². The largest absolute Gasteiger partial charge is 0.343 e. The summed E-state index contributed by atoms with van der Waals surface area (Å²) >= 11 is 0. The molecule has 160 valence electrons. The van der Waals surface area contributed by atoms with Gasteiger partial charge < -0.3 is 10.2 Å². The number of rotatable bonds is 6. The van der Waals surface area contributed by atoms with Crippen LogP contribution in [0.4, 0.5) is 5.69 Å². The molecule has 32 heavy (non-hydrogen) atoms. The van der Waals surface area contributed by atoms with E-state index >= 15 is 0 Å². The number of hydrogen-bond donors (Lipinski definition) is 1. The van der Waals surface area contributed by atoms with Crippen molar-refractivity contribution in [1.29, 1.82) is 0 Å².